The van der Waals surface area contributed by atoms with Gasteiger partial charge in [-0.25, -0.2) is 4.79 Å². The lowest BCUT2D eigenvalue weighted by molar-refractivity contribution is 0.0692. The van der Waals surface area contributed by atoms with Crippen molar-refractivity contribution in [2.24, 2.45) is 0 Å². The maximum atomic E-state index is 10.8. The second-order valence-corrected chi connectivity index (χ2v) is 3.80. The Balaban J connectivity index is 3.53. The SMILES string of the molecule is Cc1ccc(C(=O)O)c(S(=O)[O-])c1C. The van der Waals surface area contributed by atoms with E-state index in [1.165, 1.54) is 6.07 Å². The second-order valence-electron chi connectivity index (χ2n) is 2.92. The molecule has 0 radical (unpaired) electrons. The third-order valence-electron chi connectivity index (χ3n) is 2.07. The van der Waals surface area contributed by atoms with Gasteiger partial charge in [-0.2, -0.15) is 0 Å². The summed E-state index contributed by atoms with van der Waals surface area (Å²) in [5.74, 6) is -1.23. The second kappa shape index (κ2) is 3.89. The van der Waals surface area contributed by atoms with E-state index in [9.17, 15) is 13.6 Å². The van der Waals surface area contributed by atoms with Gasteiger partial charge in [0.15, 0.2) is 0 Å². The fourth-order valence-corrected chi connectivity index (χ4v) is 1.92. The first-order valence-electron chi connectivity index (χ1n) is 3.88. The minimum atomic E-state index is -2.51. The van der Waals surface area contributed by atoms with Crippen LogP contribution in [0.5, 0.6) is 0 Å². The molecule has 1 aromatic rings. The zero-order valence-electron chi connectivity index (χ0n) is 7.73. The summed E-state index contributed by atoms with van der Waals surface area (Å²) in [6.45, 7) is 3.32. The average molecular weight is 213 g/mol. The standard InChI is InChI=1S/C9H10O4S/c1-5-3-4-7(9(10)11)8(6(5)2)14(12)13/h3-4H,1-2H3,(H,10,11)(H,12,13)/p-1. The Hall–Kier alpha value is -1.20. The van der Waals surface area contributed by atoms with E-state index in [-0.39, 0.29) is 10.5 Å². The highest BCUT2D eigenvalue weighted by atomic mass is 32.2. The number of rotatable bonds is 2. The fraction of sp³-hybridized carbons (Fsp3) is 0.222. The molecule has 0 spiro atoms. The summed E-state index contributed by atoms with van der Waals surface area (Å²) in [5.41, 5.74) is 1.06. The van der Waals surface area contributed by atoms with Gasteiger partial charge in [0.05, 0.1) is 5.56 Å². The van der Waals surface area contributed by atoms with E-state index in [0.717, 1.165) is 5.56 Å². The normalized spacial score (nSPS) is 12.5. The van der Waals surface area contributed by atoms with Crippen LogP contribution >= 0.6 is 0 Å². The number of aryl methyl sites for hydroxylation is 1. The Bertz CT molecular complexity index is 412. The van der Waals surface area contributed by atoms with Gasteiger partial charge >= 0.3 is 5.97 Å². The number of carboxylic acid groups (broad SMARTS) is 1. The van der Waals surface area contributed by atoms with Gasteiger partial charge in [-0.1, -0.05) is 6.07 Å². The van der Waals surface area contributed by atoms with E-state index >= 15 is 0 Å². The van der Waals surface area contributed by atoms with Gasteiger partial charge in [0.2, 0.25) is 0 Å². The molecular formula is C9H9O4S-. The number of hydrogen-bond donors (Lipinski definition) is 1. The van der Waals surface area contributed by atoms with Crippen molar-refractivity contribution in [1.82, 2.24) is 0 Å². The predicted molar refractivity (Wildman–Crippen MR) is 50.1 cm³/mol. The number of carboxylic acids is 1. The fourth-order valence-electron chi connectivity index (χ4n) is 1.17. The average Bonchev–Trinajstić information content (AvgIpc) is 2.08. The van der Waals surface area contributed by atoms with Crippen molar-refractivity contribution in [1.29, 1.82) is 0 Å². The van der Waals surface area contributed by atoms with Crippen molar-refractivity contribution in [2.45, 2.75) is 18.7 Å². The van der Waals surface area contributed by atoms with Crippen LogP contribution in [0.1, 0.15) is 21.5 Å². The van der Waals surface area contributed by atoms with Gasteiger partial charge in [-0.3, -0.25) is 4.21 Å². The first-order valence-corrected chi connectivity index (χ1v) is 4.95. The van der Waals surface area contributed by atoms with Crippen molar-refractivity contribution in [3.8, 4) is 0 Å². The minimum absolute atomic E-state index is 0.127. The zero-order chi connectivity index (χ0) is 10.9. The number of aromatic carboxylic acids is 1. The number of benzene rings is 1. The molecular weight excluding hydrogens is 204 g/mol. The molecule has 5 heteroatoms. The monoisotopic (exact) mass is 213 g/mol. The van der Waals surface area contributed by atoms with Crippen LogP contribution < -0.4 is 0 Å². The van der Waals surface area contributed by atoms with E-state index in [1.54, 1.807) is 19.9 Å². The van der Waals surface area contributed by atoms with E-state index in [4.69, 9.17) is 5.11 Å². The van der Waals surface area contributed by atoms with E-state index in [0.29, 0.717) is 5.56 Å². The molecule has 76 valence electrons. The summed E-state index contributed by atoms with van der Waals surface area (Å²) >= 11 is -2.51. The lowest BCUT2D eigenvalue weighted by Gasteiger charge is -2.13. The van der Waals surface area contributed by atoms with Crippen LogP contribution in [-0.4, -0.2) is 19.8 Å². The first kappa shape index (κ1) is 10.9. The van der Waals surface area contributed by atoms with Gasteiger partial charge in [0, 0.05) is 4.90 Å². The van der Waals surface area contributed by atoms with Crippen molar-refractivity contribution in [3.05, 3.63) is 28.8 Å². The summed E-state index contributed by atoms with van der Waals surface area (Å²) in [5, 5.41) is 8.76. The van der Waals surface area contributed by atoms with Gasteiger partial charge in [-0.05, 0) is 42.1 Å². The molecule has 1 atom stereocenters. The number of hydrogen-bond acceptors (Lipinski definition) is 3. The Labute approximate surface area is 83.9 Å². The maximum Gasteiger partial charge on any atom is 0.336 e. The molecule has 4 nitrogen and oxygen atoms in total. The molecule has 1 N–H and O–H groups in total. The van der Waals surface area contributed by atoms with E-state index < -0.39 is 17.0 Å². The van der Waals surface area contributed by atoms with Crippen LogP contribution in [-0.2, 0) is 11.1 Å². The molecule has 0 saturated heterocycles. The Kier molecular flexibility index (Phi) is 3.03. The van der Waals surface area contributed by atoms with Crippen molar-refractivity contribution in [2.75, 3.05) is 0 Å². The van der Waals surface area contributed by atoms with Crippen LogP contribution in [0, 0.1) is 13.8 Å². The first-order chi connectivity index (χ1) is 6.45. The quantitative estimate of drug-likeness (QED) is 0.750. The largest absolute Gasteiger partial charge is 0.768 e. The van der Waals surface area contributed by atoms with Crippen LogP contribution in [0.15, 0.2) is 17.0 Å². The molecule has 0 aliphatic heterocycles. The van der Waals surface area contributed by atoms with Crippen molar-refractivity contribution in [3.63, 3.8) is 0 Å². The molecule has 0 amide bonds. The summed E-state index contributed by atoms with van der Waals surface area (Å²) < 4.78 is 21.7. The molecule has 1 aromatic carbocycles. The Morgan fingerprint density at radius 2 is 2.00 bits per heavy atom. The third-order valence-corrected chi connectivity index (χ3v) is 2.93. The molecule has 0 heterocycles. The van der Waals surface area contributed by atoms with Crippen LogP contribution in [0.4, 0.5) is 0 Å². The maximum absolute atomic E-state index is 10.8. The summed E-state index contributed by atoms with van der Waals surface area (Å²) in [4.78, 5) is 10.6. The smallest absolute Gasteiger partial charge is 0.336 e. The lowest BCUT2D eigenvalue weighted by atomic mass is 10.1. The summed E-state index contributed by atoms with van der Waals surface area (Å²) in [7, 11) is 0. The van der Waals surface area contributed by atoms with Crippen molar-refractivity contribution < 1.29 is 18.7 Å². The molecule has 0 saturated carbocycles. The molecule has 14 heavy (non-hydrogen) atoms. The van der Waals surface area contributed by atoms with Gasteiger partial charge in [0.25, 0.3) is 0 Å². The molecule has 0 bridgehead atoms. The van der Waals surface area contributed by atoms with Crippen LogP contribution in [0.2, 0.25) is 0 Å². The third kappa shape index (κ3) is 1.83. The zero-order valence-corrected chi connectivity index (χ0v) is 8.55. The molecule has 1 rings (SSSR count). The molecule has 0 aliphatic rings. The lowest BCUT2D eigenvalue weighted by Crippen LogP contribution is -2.07. The van der Waals surface area contributed by atoms with Gasteiger partial charge in [-0.15, -0.1) is 0 Å². The molecule has 0 aliphatic carbocycles. The van der Waals surface area contributed by atoms with Gasteiger partial charge < -0.3 is 9.66 Å². The Morgan fingerprint density at radius 3 is 2.43 bits per heavy atom. The molecule has 1 unspecified atom stereocenters. The van der Waals surface area contributed by atoms with Gasteiger partial charge in [0.1, 0.15) is 0 Å². The molecule has 0 fully saturated rings. The summed E-state index contributed by atoms with van der Waals surface area (Å²) in [6, 6.07) is 2.89. The molecule has 0 aromatic heterocycles. The minimum Gasteiger partial charge on any atom is -0.768 e. The van der Waals surface area contributed by atoms with Crippen molar-refractivity contribution >= 4 is 17.0 Å². The van der Waals surface area contributed by atoms with E-state index in [2.05, 4.69) is 0 Å². The topological polar surface area (TPSA) is 77.4 Å². The highest BCUT2D eigenvalue weighted by molar-refractivity contribution is 7.79. The highest BCUT2D eigenvalue weighted by Crippen LogP contribution is 2.21. The summed E-state index contributed by atoms with van der Waals surface area (Å²) in [6.07, 6.45) is 0. The van der Waals surface area contributed by atoms with E-state index in [1.807, 2.05) is 0 Å². The van der Waals surface area contributed by atoms with Crippen LogP contribution in [0.25, 0.3) is 0 Å². The predicted octanol–water partition coefficient (Wildman–Crippen LogP) is 1.24. The number of carbonyl (C=O) groups is 1. The van der Waals surface area contributed by atoms with Crippen LogP contribution in [0.3, 0.4) is 0 Å². The Morgan fingerprint density at radius 1 is 1.43 bits per heavy atom. The highest BCUT2D eigenvalue weighted by Gasteiger charge is 2.13.